The number of hydrogen-bond acceptors (Lipinski definition) is 9. The van der Waals surface area contributed by atoms with Crippen molar-refractivity contribution in [2.24, 2.45) is 0 Å². The van der Waals surface area contributed by atoms with Gasteiger partial charge in [0.15, 0.2) is 0 Å². The average Bonchev–Trinajstić information content (AvgIpc) is 3.19. The van der Waals surface area contributed by atoms with Crippen molar-refractivity contribution in [1.29, 1.82) is 0 Å². The highest BCUT2D eigenvalue weighted by Gasteiger charge is 2.26. The minimum Gasteiger partial charge on any atom is -0.363 e. The summed E-state index contributed by atoms with van der Waals surface area (Å²) in [6.45, 7) is 6.28. The third kappa shape index (κ3) is 4.60. The number of piperazine rings is 1. The Morgan fingerprint density at radius 2 is 1.91 bits per heavy atom. The number of imide groups is 1. The van der Waals surface area contributed by atoms with Crippen LogP contribution >= 0.6 is 11.8 Å². The number of nitro benzene ring substituents is 1. The van der Waals surface area contributed by atoms with Gasteiger partial charge >= 0.3 is 0 Å². The molecule has 178 valence electrons. The number of nitrogens with zero attached hydrogens (tertiary/aromatic N) is 5. The van der Waals surface area contributed by atoms with Gasteiger partial charge in [-0.2, -0.15) is 0 Å². The first-order valence-corrected chi connectivity index (χ1v) is 12.0. The molecule has 5 rings (SSSR count). The molecule has 0 saturated carbocycles. The zero-order valence-corrected chi connectivity index (χ0v) is 19.7. The smallest absolute Gasteiger partial charge is 0.293 e. The molecule has 1 N–H and O–H groups in total. The molecule has 2 aliphatic heterocycles. The summed E-state index contributed by atoms with van der Waals surface area (Å²) < 4.78 is 0. The first kappa shape index (κ1) is 22.9. The van der Waals surface area contributed by atoms with Crippen LogP contribution in [0.1, 0.15) is 12.5 Å². The van der Waals surface area contributed by atoms with Crippen molar-refractivity contribution in [2.45, 2.75) is 6.92 Å². The molecule has 35 heavy (non-hydrogen) atoms. The Labute approximate surface area is 205 Å². The maximum atomic E-state index is 12.0. The fourth-order valence-corrected chi connectivity index (χ4v) is 5.04. The molecule has 2 fully saturated rings. The predicted molar refractivity (Wildman–Crippen MR) is 135 cm³/mol. The van der Waals surface area contributed by atoms with E-state index in [4.69, 9.17) is 0 Å². The minimum atomic E-state index is -0.435. The van der Waals surface area contributed by atoms with Gasteiger partial charge < -0.3 is 9.80 Å². The van der Waals surface area contributed by atoms with E-state index in [1.807, 2.05) is 12.1 Å². The molecule has 0 spiro atoms. The number of carbonyl (C=O) groups excluding carboxylic acids is 2. The van der Waals surface area contributed by atoms with Crippen LogP contribution in [-0.2, 0) is 4.79 Å². The number of nitro groups is 1. The summed E-state index contributed by atoms with van der Waals surface area (Å²) in [5, 5.41) is 14.5. The summed E-state index contributed by atoms with van der Waals surface area (Å²) in [5.41, 5.74) is 3.16. The van der Waals surface area contributed by atoms with Crippen molar-refractivity contribution < 1.29 is 14.5 Å². The van der Waals surface area contributed by atoms with Crippen molar-refractivity contribution in [2.75, 3.05) is 37.6 Å². The first-order valence-electron chi connectivity index (χ1n) is 11.2. The van der Waals surface area contributed by atoms with Gasteiger partial charge in [0.1, 0.15) is 12.0 Å². The Bertz CT molecular complexity index is 1380. The van der Waals surface area contributed by atoms with Crippen molar-refractivity contribution in [3.05, 3.63) is 63.3 Å². The van der Waals surface area contributed by atoms with Crippen LogP contribution < -0.4 is 10.2 Å². The van der Waals surface area contributed by atoms with Crippen molar-refractivity contribution >= 4 is 51.3 Å². The molecular weight excluding hydrogens is 468 g/mol. The number of fused-ring (bicyclic) bond motifs is 1. The first-order chi connectivity index (χ1) is 16.9. The van der Waals surface area contributed by atoms with E-state index >= 15 is 0 Å². The Hall–Kier alpha value is -3.83. The number of aromatic nitrogens is 2. The number of anilines is 1. The van der Waals surface area contributed by atoms with Gasteiger partial charge in [-0.05, 0) is 48.1 Å². The molecule has 2 saturated heterocycles. The van der Waals surface area contributed by atoms with Gasteiger partial charge in [-0.3, -0.25) is 25.0 Å². The van der Waals surface area contributed by atoms with Crippen LogP contribution in [-0.4, -0.2) is 63.7 Å². The van der Waals surface area contributed by atoms with Crippen LogP contribution in [0.2, 0.25) is 0 Å². The van der Waals surface area contributed by atoms with E-state index in [1.54, 1.807) is 30.3 Å². The van der Waals surface area contributed by atoms with Crippen LogP contribution in [0.5, 0.6) is 0 Å². The van der Waals surface area contributed by atoms with E-state index in [1.165, 1.54) is 6.33 Å². The van der Waals surface area contributed by atoms with E-state index < -0.39 is 11.1 Å². The Kier molecular flexibility index (Phi) is 6.18. The van der Waals surface area contributed by atoms with E-state index in [0.29, 0.717) is 38.3 Å². The summed E-state index contributed by atoms with van der Waals surface area (Å²) in [4.78, 5) is 48.5. The summed E-state index contributed by atoms with van der Waals surface area (Å²) in [6, 6.07) is 10.6. The monoisotopic (exact) mass is 490 g/mol. The highest BCUT2D eigenvalue weighted by Crippen LogP contribution is 2.36. The van der Waals surface area contributed by atoms with Crippen LogP contribution in [0.3, 0.4) is 0 Å². The molecule has 1 aromatic heterocycles. The fraction of sp³-hybridized carbons (Fsp3) is 0.250. The average molecular weight is 491 g/mol. The maximum Gasteiger partial charge on any atom is 0.293 e. The highest BCUT2D eigenvalue weighted by molar-refractivity contribution is 8.18. The standard InChI is InChI=1S/C24H22N6O4S/c1-2-28-7-9-29(10-8-28)19-6-4-16(13-20(19)30(33)34)22-17-11-15(3-5-18(17)25-14-26-22)12-21-23(31)27-24(32)35-21/h3-6,11-14H,2,7-10H2,1H3,(H,27,31,32)/b21-12-. The second kappa shape index (κ2) is 9.43. The maximum absolute atomic E-state index is 12.0. The van der Waals surface area contributed by atoms with Crippen LogP contribution in [0.15, 0.2) is 47.6 Å². The Morgan fingerprint density at radius 1 is 1.11 bits per heavy atom. The zero-order chi connectivity index (χ0) is 24.5. The number of rotatable bonds is 5. The second-order valence-corrected chi connectivity index (χ2v) is 9.25. The van der Waals surface area contributed by atoms with Gasteiger partial charge in [0.05, 0.1) is 21.0 Å². The molecule has 0 radical (unpaired) electrons. The van der Waals surface area contributed by atoms with Gasteiger partial charge in [-0.1, -0.05) is 19.1 Å². The Morgan fingerprint density at radius 3 is 2.60 bits per heavy atom. The number of likely N-dealkylation sites (N-methyl/N-ethyl adjacent to an activating group) is 1. The van der Waals surface area contributed by atoms with Gasteiger partial charge in [-0.15, -0.1) is 0 Å². The van der Waals surface area contributed by atoms with Crippen molar-refractivity contribution in [3.8, 4) is 11.3 Å². The summed E-state index contributed by atoms with van der Waals surface area (Å²) in [6.07, 6.45) is 3.06. The predicted octanol–water partition coefficient (Wildman–Crippen LogP) is 3.67. The molecule has 0 aliphatic carbocycles. The molecule has 11 heteroatoms. The van der Waals surface area contributed by atoms with Gasteiger partial charge in [0.2, 0.25) is 0 Å². The molecule has 0 bridgehead atoms. The molecule has 2 amide bonds. The summed E-state index contributed by atoms with van der Waals surface area (Å²) in [5.74, 6) is -0.435. The molecule has 10 nitrogen and oxygen atoms in total. The third-order valence-corrected chi connectivity index (χ3v) is 7.02. The number of carbonyl (C=O) groups is 2. The SMILES string of the molecule is CCN1CCN(c2ccc(-c3ncnc4ccc(/C=C5\SC(=O)NC5=O)cc34)cc2[N+](=O)[O-])CC1. The minimum absolute atomic E-state index is 0.0371. The fourth-order valence-electron chi connectivity index (χ4n) is 4.36. The lowest BCUT2D eigenvalue weighted by Crippen LogP contribution is -2.46. The van der Waals surface area contributed by atoms with Crippen LogP contribution in [0.25, 0.3) is 28.2 Å². The normalized spacial score (nSPS) is 17.9. The molecule has 3 aromatic rings. The van der Waals surface area contributed by atoms with E-state index in [0.717, 1.165) is 44.5 Å². The lowest BCUT2D eigenvalue weighted by Gasteiger charge is -2.35. The number of amides is 2. The topological polar surface area (TPSA) is 122 Å². The summed E-state index contributed by atoms with van der Waals surface area (Å²) in [7, 11) is 0. The quantitative estimate of drug-likeness (QED) is 0.324. The van der Waals surface area contributed by atoms with Crippen molar-refractivity contribution in [3.63, 3.8) is 0 Å². The van der Waals surface area contributed by atoms with E-state index in [-0.39, 0.29) is 10.6 Å². The summed E-state index contributed by atoms with van der Waals surface area (Å²) >= 11 is 0.844. The zero-order valence-electron chi connectivity index (χ0n) is 18.9. The lowest BCUT2D eigenvalue weighted by atomic mass is 10.0. The molecule has 3 heterocycles. The molecule has 0 atom stereocenters. The van der Waals surface area contributed by atoms with E-state index in [2.05, 4.69) is 32.0 Å². The largest absolute Gasteiger partial charge is 0.363 e. The van der Waals surface area contributed by atoms with Gasteiger partial charge in [-0.25, -0.2) is 9.97 Å². The van der Waals surface area contributed by atoms with Crippen molar-refractivity contribution in [1.82, 2.24) is 20.2 Å². The van der Waals surface area contributed by atoms with Gasteiger partial charge in [0, 0.05) is 43.2 Å². The number of benzene rings is 2. The molecule has 0 unspecified atom stereocenters. The van der Waals surface area contributed by atoms with E-state index in [9.17, 15) is 19.7 Å². The molecule has 2 aromatic carbocycles. The van der Waals surface area contributed by atoms with Crippen LogP contribution in [0, 0.1) is 10.1 Å². The van der Waals surface area contributed by atoms with Crippen LogP contribution in [0.4, 0.5) is 16.2 Å². The van der Waals surface area contributed by atoms with Gasteiger partial charge in [0.25, 0.3) is 16.8 Å². The molecule has 2 aliphatic rings. The second-order valence-electron chi connectivity index (χ2n) is 8.23. The lowest BCUT2D eigenvalue weighted by molar-refractivity contribution is -0.384. The number of hydrogen-bond donors (Lipinski definition) is 1. The number of thioether (sulfide) groups is 1. The third-order valence-electron chi connectivity index (χ3n) is 6.20. The molecular formula is C24H22N6O4S. The Balaban J connectivity index is 1.54. The number of nitrogens with one attached hydrogen (secondary N) is 1. The highest BCUT2D eigenvalue weighted by atomic mass is 32.2.